The van der Waals surface area contributed by atoms with Crippen LogP contribution in [0.15, 0.2) is 18.2 Å². The van der Waals surface area contributed by atoms with Crippen LogP contribution in [0, 0.1) is 21.8 Å². The Morgan fingerprint density at radius 2 is 2.17 bits per heavy atom. The fourth-order valence-electron chi connectivity index (χ4n) is 1.51. The molecule has 0 saturated carbocycles. The van der Waals surface area contributed by atoms with Crippen LogP contribution in [0.4, 0.5) is 15.8 Å². The zero-order valence-electron chi connectivity index (χ0n) is 10.6. The Morgan fingerprint density at radius 1 is 1.50 bits per heavy atom. The number of ether oxygens (including phenoxy) is 1. The maximum Gasteiger partial charge on any atom is 0.272 e. The van der Waals surface area contributed by atoms with Crippen molar-refractivity contribution in [3.05, 3.63) is 34.1 Å². The molecule has 1 atom stereocenters. The number of non-ortho nitro benzene ring substituents is 1. The van der Waals surface area contributed by atoms with Crippen LogP contribution in [0.1, 0.15) is 13.8 Å². The molecule has 100 valence electrons. The van der Waals surface area contributed by atoms with E-state index in [2.05, 4.69) is 5.32 Å². The lowest BCUT2D eigenvalue weighted by molar-refractivity contribution is -0.385. The second-order valence-electron chi connectivity index (χ2n) is 4.37. The Bertz CT molecular complexity index is 424. The second-order valence-corrected chi connectivity index (χ2v) is 4.37. The number of halogens is 1. The first-order valence-corrected chi connectivity index (χ1v) is 5.65. The van der Waals surface area contributed by atoms with Gasteiger partial charge in [0.05, 0.1) is 29.3 Å². The molecular formula is C12H17FN2O3. The van der Waals surface area contributed by atoms with E-state index in [0.717, 1.165) is 6.07 Å². The zero-order chi connectivity index (χ0) is 13.7. The van der Waals surface area contributed by atoms with E-state index in [1.54, 1.807) is 7.11 Å². The quantitative estimate of drug-likeness (QED) is 0.628. The van der Waals surface area contributed by atoms with E-state index in [9.17, 15) is 14.5 Å². The first-order chi connectivity index (χ1) is 8.45. The highest BCUT2D eigenvalue weighted by atomic mass is 19.1. The van der Waals surface area contributed by atoms with Gasteiger partial charge in [-0.15, -0.1) is 0 Å². The molecule has 18 heavy (non-hydrogen) atoms. The average Bonchev–Trinajstić information content (AvgIpc) is 2.30. The number of nitro benzene ring substituents is 1. The van der Waals surface area contributed by atoms with Crippen molar-refractivity contribution in [2.75, 3.05) is 19.0 Å². The molecule has 0 amide bonds. The van der Waals surface area contributed by atoms with E-state index in [-0.39, 0.29) is 23.3 Å². The van der Waals surface area contributed by atoms with E-state index in [1.807, 2.05) is 13.8 Å². The molecule has 0 bridgehead atoms. The molecule has 1 unspecified atom stereocenters. The third kappa shape index (κ3) is 3.66. The van der Waals surface area contributed by atoms with E-state index < -0.39 is 10.7 Å². The third-order valence-electron chi connectivity index (χ3n) is 2.66. The molecular weight excluding hydrogens is 239 g/mol. The summed E-state index contributed by atoms with van der Waals surface area (Å²) in [4.78, 5) is 9.87. The van der Waals surface area contributed by atoms with E-state index in [1.165, 1.54) is 12.1 Å². The third-order valence-corrected chi connectivity index (χ3v) is 2.66. The molecule has 0 spiro atoms. The molecule has 5 nitrogen and oxygen atoms in total. The molecule has 0 fully saturated rings. The maximum atomic E-state index is 13.7. The van der Waals surface area contributed by atoms with Gasteiger partial charge in [-0.2, -0.15) is 0 Å². The topological polar surface area (TPSA) is 64.4 Å². The molecule has 0 aliphatic rings. The van der Waals surface area contributed by atoms with Crippen LogP contribution in [0.25, 0.3) is 0 Å². The van der Waals surface area contributed by atoms with Crippen molar-refractivity contribution in [3.63, 3.8) is 0 Å². The van der Waals surface area contributed by atoms with Crippen molar-refractivity contribution in [1.82, 2.24) is 0 Å². The van der Waals surface area contributed by atoms with Gasteiger partial charge >= 0.3 is 0 Å². The van der Waals surface area contributed by atoms with Crippen LogP contribution in [0.2, 0.25) is 0 Å². The minimum absolute atomic E-state index is 0.0500. The maximum absolute atomic E-state index is 13.7. The lowest BCUT2D eigenvalue weighted by Crippen LogP contribution is -2.30. The number of methoxy groups -OCH3 is 1. The number of hydrogen-bond donors (Lipinski definition) is 1. The van der Waals surface area contributed by atoms with Crippen LogP contribution in [0.3, 0.4) is 0 Å². The fraction of sp³-hybridized carbons (Fsp3) is 0.500. The van der Waals surface area contributed by atoms with Gasteiger partial charge in [-0.05, 0) is 12.0 Å². The number of anilines is 1. The predicted molar refractivity (Wildman–Crippen MR) is 67.2 cm³/mol. The highest BCUT2D eigenvalue weighted by Gasteiger charge is 2.16. The summed E-state index contributed by atoms with van der Waals surface area (Å²) >= 11 is 0. The van der Waals surface area contributed by atoms with Gasteiger partial charge in [-0.1, -0.05) is 13.8 Å². The molecule has 1 aromatic carbocycles. The number of benzene rings is 1. The van der Waals surface area contributed by atoms with Crippen molar-refractivity contribution < 1.29 is 14.1 Å². The Labute approximate surface area is 105 Å². The second kappa shape index (κ2) is 6.30. The van der Waals surface area contributed by atoms with Crippen molar-refractivity contribution in [1.29, 1.82) is 0 Å². The molecule has 0 aliphatic carbocycles. The van der Waals surface area contributed by atoms with Crippen molar-refractivity contribution in [2.45, 2.75) is 19.9 Å². The fourth-order valence-corrected chi connectivity index (χ4v) is 1.51. The summed E-state index contributed by atoms with van der Waals surface area (Å²) in [5, 5.41) is 13.5. The SMILES string of the molecule is COCC(Nc1ccc([N+](=O)[O-])cc1F)C(C)C. The molecule has 0 aliphatic heterocycles. The van der Waals surface area contributed by atoms with Gasteiger partial charge in [-0.25, -0.2) is 4.39 Å². The smallest absolute Gasteiger partial charge is 0.272 e. The summed E-state index contributed by atoms with van der Waals surface area (Å²) in [5.41, 5.74) is -0.0118. The summed E-state index contributed by atoms with van der Waals surface area (Å²) in [6, 6.07) is 3.51. The van der Waals surface area contributed by atoms with Crippen LogP contribution in [-0.4, -0.2) is 24.7 Å². The first-order valence-electron chi connectivity index (χ1n) is 5.65. The minimum Gasteiger partial charge on any atom is -0.383 e. The predicted octanol–water partition coefficient (Wildman–Crippen LogP) is 2.82. The van der Waals surface area contributed by atoms with Gasteiger partial charge in [0.1, 0.15) is 0 Å². The molecule has 1 rings (SSSR count). The largest absolute Gasteiger partial charge is 0.383 e. The van der Waals surface area contributed by atoms with Crippen molar-refractivity contribution in [3.8, 4) is 0 Å². The Hall–Kier alpha value is -1.69. The Kier molecular flexibility index (Phi) is 5.03. The number of nitrogens with one attached hydrogen (secondary N) is 1. The normalized spacial score (nSPS) is 12.5. The van der Waals surface area contributed by atoms with Crippen LogP contribution < -0.4 is 5.32 Å². The minimum atomic E-state index is -0.633. The highest BCUT2D eigenvalue weighted by Crippen LogP contribution is 2.22. The van der Waals surface area contributed by atoms with Crippen LogP contribution in [0.5, 0.6) is 0 Å². The van der Waals surface area contributed by atoms with E-state index in [4.69, 9.17) is 4.74 Å². The number of nitrogens with zero attached hydrogens (tertiary/aromatic N) is 1. The zero-order valence-corrected chi connectivity index (χ0v) is 10.6. The summed E-state index contributed by atoms with van der Waals surface area (Å²) in [6.45, 7) is 4.41. The Morgan fingerprint density at radius 3 is 2.61 bits per heavy atom. The average molecular weight is 256 g/mol. The Balaban J connectivity index is 2.86. The van der Waals surface area contributed by atoms with Crippen molar-refractivity contribution >= 4 is 11.4 Å². The highest BCUT2D eigenvalue weighted by molar-refractivity contribution is 5.50. The molecule has 0 aromatic heterocycles. The number of nitro groups is 1. The van der Waals surface area contributed by atoms with Crippen LogP contribution in [-0.2, 0) is 4.74 Å². The molecule has 1 aromatic rings. The lowest BCUT2D eigenvalue weighted by atomic mass is 10.0. The van der Waals surface area contributed by atoms with Gasteiger partial charge in [0.25, 0.3) is 5.69 Å². The molecule has 6 heteroatoms. The molecule has 1 N–H and O–H groups in total. The summed E-state index contributed by atoms with van der Waals surface area (Å²) in [5.74, 6) is -0.384. The standard InChI is InChI=1S/C12H17FN2O3/c1-8(2)12(7-18-3)14-11-5-4-9(15(16)17)6-10(11)13/h4-6,8,12,14H,7H2,1-3H3. The summed E-state index contributed by atoms with van der Waals surface area (Å²) < 4.78 is 18.7. The molecule has 0 radical (unpaired) electrons. The number of rotatable bonds is 6. The van der Waals surface area contributed by atoms with Gasteiger partial charge in [-0.3, -0.25) is 10.1 Å². The summed E-state index contributed by atoms with van der Waals surface area (Å²) in [7, 11) is 1.57. The molecule has 0 heterocycles. The van der Waals surface area contributed by atoms with Gasteiger partial charge < -0.3 is 10.1 Å². The molecule has 0 saturated heterocycles. The van der Waals surface area contributed by atoms with Gasteiger partial charge in [0, 0.05) is 13.2 Å². The lowest BCUT2D eigenvalue weighted by Gasteiger charge is -2.22. The monoisotopic (exact) mass is 256 g/mol. The van der Waals surface area contributed by atoms with Gasteiger partial charge in [0.15, 0.2) is 5.82 Å². The van der Waals surface area contributed by atoms with Crippen molar-refractivity contribution in [2.24, 2.45) is 5.92 Å². The van der Waals surface area contributed by atoms with Gasteiger partial charge in [0.2, 0.25) is 0 Å². The van der Waals surface area contributed by atoms with E-state index >= 15 is 0 Å². The van der Waals surface area contributed by atoms with E-state index in [0.29, 0.717) is 6.61 Å². The number of hydrogen-bond acceptors (Lipinski definition) is 4. The van der Waals surface area contributed by atoms with Crippen LogP contribution >= 0.6 is 0 Å². The first kappa shape index (κ1) is 14.4. The summed E-state index contributed by atoms with van der Waals surface area (Å²) in [6.07, 6.45) is 0.